The van der Waals surface area contributed by atoms with Crippen molar-refractivity contribution in [3.63, 3.8) is 0 Å². The van der Waals surface area contributed by atoms with Crippen LogP contribution in [-0.4, -0.2) is 40.8 Å². The smallest absolute Gasteiger partial charge is 0.268 e. The molecule has 0 saturated heterocycles. The van der Waals surface area contributed by atoms with Crippen molar-refractivity contribution >= 4 is 11.8 Å². The van der Waals surface area contributed by atoms with Crippen LogP contribution in [0, 0.1) is 0 Å². The van der Waals surface area contributed by atoms with Gasteiger partial charge < -0.3 is 15.7 Å². The van der Waals surface area contributed by atoms with Gasteiger partial charge in [-0.3, -0.25) is 14.8 Å². The van der Waals surface area contributed by atoms with Crippen molar-refractivity contribution in [1.82, 2.24) is 16.1 Å². The summed E-state index contributed by atoms with van der Waals surface area (Å²) in [6, 6.07) is 16.1. The van der Waals surface area contributed by atoms with Crippen LogP contribution in [0.5, 0.6) is 0 Å². The second-order valence-corrected chi connectivity index (χ2v) is 6.63. The number of aliphatic hydroxyl groups is 1. The summed E-state index contributed by atoms with van der Waals surface area (Å²) < 4.78 is 0. The third-order valence-corrected chi connectivity index (χ3v) is 4.37. The first kappa shape index (κ1) is 24.3. The molecule has 0 saturated carbocycles. The van der Waals surface area contributed by atoms with E-state index in [-0.39, 0.29) is 7.43 Å². The van der Waals surface area contributed by atoms with Crippen molar-refractivity contribution in [3.8, 4) is 0 Å². The van der Waals surface area contributed by atoms with E-state index in [0.29, 0.717) is 12.1 Å². The Hall–Kier alpha value is -2.74. The first-order valence-corrected chi connectivity index (χ1v) is 9.27. The van der Waals surface area contributed by atoms with Crippen LogP contribution in [0.1, 0.15) is 42.3 Å². The number of benzene rings is 2. The number of aryl methyl sites for hydroxylation is 1. The van der Waals surface area contributed by atoms with Crippen LogP contribution in [0.4, 0.5) is 0 Å². The number of hydrogen-bond donors (Lipinski definition) is 5. The SMILES string of the molecule is C.C[C@@H](O)[C@H](NC(=O)c1ccc(CNCCCc2ccccc2)cc1)C(=O)NO. The van der Waals surface area contributed by atoms with E-state index in [1.807, 2.05) is 30.3 Å². The maximum atomic E-state index is 12.2. The fourth-order valence-electron chi connectivity index (χ4n) is 2.77. The molecule has 7 nitrogen and oxygen atoms in total. The van der Waals surface area contributed by atoms with Crippen LogP contribution in [0.2, 0.25) is 0 Å². The van der Waals surface area contributed by atoms with E-state index < -0.39 is 24.0 Å². The largest absolute Gasteiger partial charge is 0.391 e. The lowest BCUT2D eigenvalue weighted by Crippen LogP contribution is -2.51. The summed E-state index contributed by atoms with van der Waals surface area (Å²) in [7, 11) is 0. The Labute approximate surface area is 172 Å². The molecule has 0 heterocycles. The highest BCUT2D eigenvalue weighted by atomic mass is 16.5. The van der Waals surface area contributed by atoms with Gasteiger partial charge in [-0.25, -0.2) is 5.48 Å². The normalized spacial score (nSPS) is 12.4. The predicted molar refractivity (Wildman–Crippen MR) is 113 cm³/mol. The molecule has 0 aliphatic carbocycles. The van der Waals surface area contributed by atoms with Gasteiger partial charge in [0.1, 0.15) is 6.04 Å². The molecular weight excluding hydrogens is 370 g/mol. The van der Waals surface area contributed by atoms with Crippen LogP contribution in [-0.2, 0) is 17.8 Å². The Morgan fingerprint density at radius 3 is 2.24 bits per heavy atom. The molecule has 7 heteroatoms. The Kier molecular flexibility index (Phi) is 10.6. The Morgan fingerprint density at radius 1 is 1.00 bits per heavy atom. The molecular formula is C22H31N3O4. The second kappa shape index (κ2) is 12.7. The molecule has 0 radical (unpaired) electrons. The van der Waals surface area contributed by atoms with Crippen LogP contribution in [0.15, 0.2) is 54.6 Å². The van der Waals surface area contributed by atoms with E-state index in [2.05, 4.69) is 22.8 Å². The number of hydroxylamine groups is 1. The van der Waals surface area contributed by atoms with Gasteiger partial charge in [0.25, 0.3) is 11.8 Å². The van der Waals surface area contributed by atoms with Gasteiger partial charge in [-0.1, -0.05) is 49.9 Å². The number of amides is 2. The molecule has 29 heavy (non-hydrogen) atoms. The number of hydrogen-bond acceptors (Lipinski definition) is 5. The van der Waals surface area contributed by atoms with Crippen molar-refractivity contribution in [2.45, 2.75) is 45.9 Å². The number of carbonyl (C=O) groups excluding carboxylic acids is 2. The van der Waals surface area contributed by atoms with Crippen molar-refractivity contribution in [3.05, 3.63) is 71.3 Å². The van der Waals surface area contributed by atoms with Gasteiger partial charge in [-0.05, 0) is 49.6 Å². The molecule has 2 aromatic carbocycles. The number of carbonyl (C=O) groups is 2. The molecule has 0 spiro atoms. The van der Waals surface area contributed by atoms with Gasteiger partial charge in [-0.15, -0.1) is 0 Å². The van der Waals surface area contributed by atoms with E-state index in [0.717, 1.165) is 24.9 Å². The van der Waals surface area contributed by atoms with E-state index in [9.17, 15) is 14.7 Å². The summed E-state index contributed by atoms with van der Waals surface area (Å²) >= 11 is 0. The Bertz CT molecular complexity index is 748. The molecule has 0 aromatic heterocycles. The summed E-state index contributed by atoms with van der Waals surface area (Å²) in [6.45, 7) is 2.94. The lowest BCUT2D eigenvalue weighted by molar-refractivity contribution is -0.133. The molecule has 158 valence electrons. The quantitative estimate of drug-likeness (QED) is 0.238. The molecule has 2 atom stereocenters. The zero-order valence-corrected chi connectivity index (χ0v) is 15.9. The second-order valence-electron chi connectivity index (χ2n) is 6.63. The highest BCUT2D eigenvalue weighted by molar-refractivity contribution is 5.97. The Morgan fingerprint density at radius 2 is 1.66 bits per heavy atom. The monoisotopic (exact) mass is 401 g/mol. The summed E-state index contributed by atoms with van der Waals surface area (Å²) in [5, 5.41) is 24.0. The minimum Gasteiger partial charge on any atom is -0.391 e. The zero-order chi connectivity index (χ0) is 20.4. The third kappa shape index (κ3) is 8.03. The van der Waals surface area contributed by atoms with Crippen molar-refractivity contribution in [2.75, 3.05) is 6.54 Å². The highest BCUT2D eigenvalue weighted by Gasteiger charge is 2.25. The molecule has 2 rings (SSSR count). The molecule has 2 amide bonds. The fraction of sp³-hybridized carbons (Fsp3) is 0.364. The minimum atomic E-state index is -1.23. The van der Waals surface area contributed by atoms with E-state index in [4.69, 9.17) is 5.21 Å². The van der Waals surface area contributed by atoms with Gasteiger partial charge in [0.05, 0.1) is 6.10 Å². The van der Waals surface area contributed by atoms with Gasteiger partial charge in [0, 0.05) is 12.1 Å². The standard InChI is InChI=1S/C21H27N3O4.CH4/c1-15(25)19(21(27)24-28)23-20(26)18-11-9-17(10-12-18)14-22-13-5-8-16-6-3-2-4-7-16;/h2-4,6-7,9-12,15,19,22,25,28H,5,8,13-14H2,1H3,(H,23,26)(H,24,27);1H4/t15-,19+;/m1./s1. The first-order valence-electron chi connectivity index (χ1n) is 9.27. The summed E-state index contributed by atoms with van der Waals surface area (Å²) in [6.07, 6.45) is 0.923. The number of aliphatic hydroxyl groups excluding tert-OH is 1. The predicted octanol–water partition coefficient (Wildman–Crippen LogP) is 2.03. The third-order valence-electron chi connectivity index (χ3n) is 4.37. The van der Waals surface area contributed by atoms with Gasteiger partial charge in [-0.2, -0.15) is 0 Å². The molecule has 0 aliphatic heterocycles. The highest BCUT2D eigenvalue weighted by Crippen LogP contribution is 2.06. The van der Waals surface area contributed by atoms with Crippen LogP contribution >= 0.6 is 0 Å². The average Bonchev–Trinajstić information content (AvgIpc) is 2.72. The lowest BCUT2D eigenvalue weighted by Gasteiger charge is -2.19. The lowest BCUT2D eigenvalue weighted by atomic mass is 10.1. The molecule has 0 unspecified atom stereocenters. The maximum Gasteiger partial charge on any atom is 0.268 e. The van der Waals surface area contributed by atoms with Crippen LogP contribution in [0.25, 0.3) is 0 Å². The topological polar surface area (TPSA) is 111 Å². The minimum absolute atomic E-state index is 0. The van der Waals surface area contributed by atoms with Crippen molar-refractivity contribution in [2.24, 2.45) is 0 Å². The number of rotatable bonds is 10. The van der Waals surface area contributed by atoms with Gasteiger partial charge in [0.15, 0.2) is 0 Å². The number of nitrogens with one attached hydrogen (secondary N) is 3. The molecule has 2 aromatic rings. The molecule has 5 N–H and O–H groups in total. The van der Waals surface area contributed by atoms with E-state index >= 15 is 0 Å². The van der Waals surface area contributed by atoms with E-state index in [1.165, 1.54) is 18.0 Å². The van der Waals surface area contributed by atoms with Crippen molar-refractivity contribution < 1.29 is 19.9 Å². The zero-order valence-electron chi connectivity index (χ0n) is 15.9. The van der Waals surface area contributed by atoms with E-state index in [1.54, 1.807) is 12.1 Å². The fourth-order valence-corrected chi connectivity index (χ4v) is 2.77. The molecule has 0 aliphatic rings. The van der Waals surface area contributed by atoms with Crippen molar-refractivity contribution in [1.29, 1.82) is 0 Å². The molecule has 0 fully saturated rings. The summed E-state index contributed by atoms with van der Waals surface area (Å²) in [5.41, 5.74) is 4.16. The Balaban J connectivity index is 0.00000420. The average molecular weight is 402 g/mol. The summed E-state index contributed by atoms with van der Waals surface area (Å²) in [4.78, 5) is 23.7. The van der Waals surface area contributed by atoms with Gasteiger partial charge in [0.2, 0.25) is 0 Å². The maximum absolute atomic E-state index is 12.2. The summed E-state index contributed by atoms with van der Waals surface area (Å²) in [5.74, 6) is -1.38. The van der Waals surface area contributed by atoms with Crippen LogP contribution in [0.3, 0.4) is 0 Å². The first-order chi connectivity index (χ1) is 13.5. The van der Waals surface area contributed by atoms with Crippen LogP contribution < -0.4 is 16.1 Å². The van der Waals surface area contributed by atoms with Gasteiger partial charge >= 0.3 is 0 Å². The molecule has 0 bridgehead atoms.